The zero-order valence-corrected chi connectivity index (χ0v) is 30.8. The number of anilines is 2. The standard InChI is InChI=1S/C41H54N6O2/c1-38(2,3)24-40(7,8)28-20-26(36(48)32(22-28)44-46-34-17-13-11-15-30(34)42-46)19-27-21-29(41(9,10)25-39(4,5)6)23-33(37(27)49)45-47-35-18-14-12-16-31(35)43-47/h11-18,20-23,42-45,48-49H,19,24-25H2,1-10H3. The maximum atomic E-state index is 11.9. The first-order valence-electron chi connectivity index (χ1n) is 17.4. The first kappa shape index (κ1) is 34.2. The lowest BCUT2D eigenvalue weighted by atomic mass is 9.71. The molecule has 0 aliphatic heterocycles. The largest absolute Gasteiger partial charge is 0.505 e. The van der Waals surface area contributed by atoms with Gasteiger partial charge in [0, 0.05) is 17.5 Å². The summed E-state index contributed by atoms with van der Waals surface area (Å²) in [4.78, 5) is 3.67. The number of H-pyrrole nitrogens is 2. The van der Waals surface area contributed by atoms with E-state index in [0.29, 0.717) is 17.8 Å². The molecule has 0 bridgehead atoms. The number of phenols is 2. The Hall–Kier alpha value is -4.72. The van der Waals surface area contributed by atoms with Crippen molar-refractivity contribution in [2.75, 3.05) is 10.9 Å². The summed E-state index contributed by atoms with van der Waals surface area (Å²) in [5.41, 5.74) is 15.7. The van der Waals surface area contributed by atoms with Crippen LogP contribution >= 0.6 is 0 Å². The maximum absolute atomic E-state index is 11.9. The SMILES string of the molecule is CC(C)(C)CC(C)(C)c1cc(Cc2cc(C(C)(C)CC(C)(C)C)cc(Nn3[nH]c4ccccc43)c2O)c(O)c(Nn2[nH]c3ccccc32)c1. The van der Waals surface area contributed by atoms with Crippen molar-refractivity contribution in [3.05, 3.63) is 95.1 Å². The number of aromatic nitrogens is 4. The number of rotatable bonds is 10. The molecule has 0 saturated carbocycles. The minimum Gasteiger partial charge on any atom is -0.505 e. The zero-order chi connectivity index (χ0) is 35.5. The molecular formula is C41H54N6O2. The first-order valence-corrected chi connectivity index (χ1v) is 17.4. The molecular weight excluding hydrogens is 608 g/mol. The second-order valence-corrected chi connectivity index (χ2v) is 17.6. The number of phenolic OH excluding ortho intramolecular Hbond substituents is 2. The van der Waals surface area contributed by atoms with Crippen LogP contribution in [0.25, 0.3) is 22.1 Å². The molecule has 0 aliphatic rings. The van der Waals surface area contributed by atoms with Crippen molar-refractivity contribution in [2.45, 2.75) is 99.3 Å². The molecule has 0 saturated heterocycles. The zero-order valence-electron chi connectivity index (χ0n) is 30.8. The number of hydrogen-bond donors (Lipinski definition) is 6. The lowest BCUT2D eigenvalue weighted by Gasteiger charge is -2.34. The molecule has 0 atom stereocenters. The van der Waals surface area contributed by atoms with Crippen LogP contribution in [0.15, 0.2) is 72.8 Å². The van der Waals surface area contributed by atoms with E-state index in [1.807, 2.05) is 58.1 Å². The topological polar surface area (TPSA) is 106 Å². The molecule has 2 aromatic heterocycles. The van der Waals surface area contributed by atoms with Gasteiger partial charge in [-0.1, -0.05) is 106 Å². The van der Waals surface area contributed by atoms with E-state index < -0.39 is 0 Å². The van der Waals surface area contributed by atoms with Crippen LogP contribution in [0, 0.1) is 10.8 Å². The molecule has 6 rings (SSSR count). The molecule has 2 heterocycles. The van der Waals surface area contributed by atoms with E-state index in [4.69, 9.17) is 0 Å². The van der Waals surface area contributed by atoms with Crippen LogP contribution in [-0.4, -0.2) is 30.0 Å². The summed E-state index contributed by atoms with van der Waals surface area (Å²) in [6.07, 6.45) is 2.25. The number of fused-ring (bicyclic) bond motifs is 2. The molecule has 8 nitrogen and oxygen atoms in total. The molecule has 6 aromatic rings. The van der Waals surface area contributed by atoms with Gasteiger partial charge in [-0.15, -0.1) is 0 Å². The Morgan fingerprint density at radius 3 is 1.27 bits per heavy atom. The number of nitrogens with zero attached hydrogens (tertiary/aromatic N) is 2. The monoisotopic (exact) mass is 662 g/mol. The second kappa shape index (κ2) is 12.0. The molecule has 0 amide bonds. The van der Waals surface area contributed by atoms with Gasteiger partial charge in [0.15, 0.2) is 0 Å². The summed E-state index contributed by atoms with van der Waals surface area (Å²) in [5, 5.41) is 30.4. The number of aromatic amines is 2. The van der Waals surface area contributed by atoms with E-state index in [0.717, 1.165) is 57.2 Å². The average Bonchev–Trinajstić information content (AvgIpc) is 2.95. The van der Waals surface area contributed by atoms with Crippen LogP contribution in [0.5, 0.6) is 11.5 Å². The lowest BCUT2D eigenvalue weighted by molar-refractivity contribution is 0.283. The normalized spacial score (nSPS) is 13.1. The number of nitrogens with one attached hydrogen (secondary N) is 4. The highest BCUT2D eigenvalue weighted by molar-refractivity contribution is 5.79. The first-order chi connectivity index (χ1) is 22.8. The molecule has 0 radical (unpaired) electrons. The number of aromatic hydroxyl groups is 2. The molecule has 0 spiro atoms. The second-order valence-electron chi connectivity index (χ2n) is 17.6. The number of para-hydroxylation sites is 4. The van der Waals surface area contributed by atoms with Crippen molar-refractivity contribution in [3.8, 4) is 11.5 Å². The van der Waals surface area contributed by atoms with Gasteiger partial charge in [0.1, 0.15) is 22.5 Å². The van der Waals surface area contributed by atoms with Gasteiger partial charge < -0.3 is 10.2 Å². The van der Waals surface area contributed by atoms with E-state index >= 15 is 0 Å². The molecule has 6 N–H and O–H groups in total. The van der Waals surface area contributed by atoms with Crippen LogP contribution in [-0.2, 0) is 17.3 Å². The molecule has 260 valence electrons. The van der Waals surface area contributed by atoms with Crippen LogP contribution in [0.2, 0.25) is 0 Å². The summed E-state index contributed by atoms with van der Waals surface area (Å²) < 4.78 is 0. The van der Waals surface area contributed by atoms with Crippen molar-refractivity contribution in [2.24, 2.45) is 10.8 Å². The Kier molecular flexibility index (Phi) is 8.37. The van der Waals surface area contributed by atoms with Gasteiger partial charge in [0.05, 0.1) is 22.4 Å². The van der Waals surface area contributed by atoms with Crippen molar-refractivity contribution in [3.63, 3.8) is 0 Å². The van der Waals surface area contributed by atoms with Crippen molar-refractivity contribution < 1.29 is 10.2 Å². The molecule has 0 aliphatic carbocycles. The Labute approximate surface area is 290 Å². The van der Waals surface area contributed by atoms with E-state index in [-0.39, 0.29) is 33.2 Å². The van der Waals surface area contributed by atoms with Crippen LogP contribution in [0.1, 0.15) is 104 Å². The van der Waals surface area contributed by atoms with Crippen LogP contribution in [0.3, 0.4) is 0 Å². The van der Waals surface area contributed by atoms with Crippen LogP contribution in [0.4, 0.5) is 11.4 Å². The van der Waals surface area contributed by atoms with E-state index in [2.05, 4.69) is 115 Å². The summed E-state index contributed by atoms with van der Waals surface area (Å²) >= 11 is 0. The average molecular weight is 663 g/mol. The lowest BCUT2D eigenvalue weighted by Crippen LogP contribution is -2.26. The van der Waals surface area contributed by atoms with E-state index in [1.54, 1.807) is 0 Å². The fourth-order valence-corrected chi connectivity index (χ4v) is 7.87. The highest BCUT2D eigenvalue weighted by atomic mass is 16.3. The molecule has 49 heavy (non-hydrogen) atoms. The fraction of sp³-hybridized carbons (Fsp3) is 0.415. The minimum absolute atomic E-state index is 0.0996. The van der Waals surface area contributed by atoms with Gasteiger partial charge in [0.2, 0.25) is 0 Å². The Balaban J connectivity index is 1.46. The third-order valence-electron chi connectivity index (χ3n) is 9.49. The summed E-state index contributed by atoms with van der Waals surface area (Å²) in [6.45, 7) is 22.6. The fourth-order valence-electron chi connectivity index (χ4n) is 7.87. The molecule has 4 aromatic carbocycles. The van der Waals surface area contributed by atoms with Gasteiger partial charge in [-0.25, -0.2) is 0 Å². The smallest absolute Gasteiger partial charge is 0.144 e. The quantitative estimate of drug-likeness (QED) is 0.0821. The van der Waals surface area contributed by atoms with E-state index in [1.165, 1.54) is 0 Å². The third-order valence-corrected chi connectivity index (χ3v) is 9.49. The molecule has 8 heteroatoms. The number of hydrogen-bond acceptors (Lipinski definition) is 4. The Bertz CT molecular complexity index is 1950. The summed E-state index contributed by atoms with van der Waals surface area (Å²) in [5.74, 6) is 0.321. The van der Waals surface area contributed by atoms with Gasteiger partial charge in [-0.2, -0.15) is 9.58 Å². The van der Waals surface area contributed by atoms with Gasteiger partial charge in [0.25, 0.3) is 0 Å². The Morgan fingerprint density at radius 1 is 0.551 bits per heavy atom. The highest BCUT2D eigenvalue weighted by Gasteiger charge is 2.31. The van der Waals surface area contributed by atoms with Crippen molar-refractivity contribution in [1.29, 1.82) is 0 Å². The molecule has 0 fully saturated rings. The minimum atomic E-state index is -0.181. The Morgan fingerprint density at radius 2 is 0.918 bits per heavy atom. The van der Waals surface area contributed by atoms with Crippen molar-refractivity contribution >= 4 is 33.4 Å². The highest BCUT2D eigenvalue weighted by Crippen LogP contribution is 2.44. The van der Waals surface area contributed by atoms with Crippen LogP contribution < -0.4 is 10.9 Å². The molecule has 0 unspecified atom stereocenters. The third kappa shape index (κ3) is 7.19. The predicted octanol–water partition coefficient (Wildman–Crippen LogP) is 10.4. The van der Waals surface area contributed by atoms with Gasteiger partial charge in [-0.3, -0.25) is 21.0 Å². The predicted molar refractivity (Wildman–Crippen MR) is 204 cm³/mol. The van der Waals surface area contributed by atoms with Gasteiger partial charge >= 0.3 is 0 Å². The van der Waals surface area contributed by atoms with Gasteiger partial charge in [-0.05, 0) is 82.0 Å². The van der Waals surface area contributed by atoms with E-state index in [9.17, 15) is 10.2 Å². The summed E-state index contributed by atoms with van der Waals surface area (Å²) in [6, 6.07) is 24.5. The number of benzene rings is 4. The maximum Gasteiger partial charge on any atom is 0.144 e. The summed E-state index contributed by atoms with van der Waals surface area (Å²) in [7, 11) is 0. The van der Waals surface area contributed by atoms with Crippen molar-refractivity contribution in [1.82, 2.24) is 19.8 Å².